The molecule has 2 aromatic heterocycles. The molecule has 0 saturated heterocycles. The van der Waals surface area contributed by atoms with Gasteiger partial charge >= 0.3 is 5.97 Å². The lowest BCUT2D eigenvalue weighted by atomic mass is 10.0. The van der Waals surface area contributed by atoms with Gasteiger partial charge < -0.3 is 14.0 Å². The first kappa shape index (κ1) is 24.3. The van der Waals surface area contributed by atoms with Crippen molar-refractivity contribution in [3.05, 3.63) is 120 Å². The summed E-state index contributed by atoms with van der Waals surface area (Å²) in [5.41, 5.74) is 5.71. The van der Waals surface area contributed by atoms with Crippen molar-refractivity contribution in [1.82, 2.24) is 9.55 Å². The summed E-state index contributed by atoms with van der Waals surface area (Å²) in [5.74, 6) is 0.681. The van der Waals surface area contributed by atoms with E-state index in [2.05, 4.69) is 64.4 Å². The minimum Gasteiger partial charge on any atom is -0.489 e. The second-order valence-corrected chi connectivity index (χ2v) is 9.03. The van der Waals surface area contributed by atoms with Crippen LogP contribution in [0.5, 0.6) is 5.75 Å². The van der Waals surface area contributed by atoms with E-state index < -0.39 is 0 Å². The smallest absolute Gasteiger partial charge is 0.306 e. The van der Waals surface area contributed by atoms with Crippen LogP contribution in [-0.2, 0) is 29.1 Å². The molecule has 5 aromatic rings. The molecule has 0 saturated carbocycles. The lowest BCUT2D eigenvalue weighted by Gasteiger charge is -2.09. The number of aryl methyl sites for hydroxylation is 1. The SMILES string of the molecule is CCOC(=O)CCc1cn(Cc2ccc3cc(OCc4cccnc4)ccc3c2)cc1-c1ccccc1. The summed E-state index contributed by atoms with van der Waals surface area (Å²) in [6.07, 6.45) is 8.93. The van der Waals surface area contributed by atoms with E-state index >= 15 is 0 Å². The van der Waals surface area contributed by atoms with E-state index in [1.54, 1.807) is 6.20 Å². The number of carbonyl (C=O) groups is 1. The molecular weight excluding hydrogens is 460 g/mol. The van der Waals surface area contributed by atoms with Crippen LogP contribution in [0, 0.1) is 0 Å². The fourth-order valence-corrected chi connectivity index (χ4v) is 4.52. The number of esters is 1. The van der Waals surface area contributed by atoms with E-state index in [9.17, 15) is 4.79 Å². The summed E-state index contributed by atoms with van der Waals surface area (Å²) in [6, 6.07) is 27.0. The predicted octanol–water partition coefficient (Wildman–Crippen LogP) is 6.83. The highest BCUT2D eigenvalue weighted by Gasteiger charge is 2.12. The van der Waals surface area contributed by atoms with E-state index in [1.807, 2.05) is 49.5 Å². The van der Waals surface area contributed by atoms with Gasteiger partial charge in [0.1, 0.15) is 12.4 Å². The van der Waals surface area contributed by atoms with Crippen LogP contribution >= 0.6 is 0 Å². The molecule has 0 aliphatic rings. The van der Waals surface area contributed by atoms with Crippen molar-refractivity contribution in [2.24, 2.45) is 0 Å². The highest BCUT2D eigenvalue weighted by atomic mass is 16.5. The van der Waals surface area contributed by atoms with Crippen LogP contribution in [0.25, 0.3) is 21.9 Å². The first-order valence-corrected chi connectivity index (χ1v) is 12.6. The maximum atomic E-state index is 12.0. The lowest BCUT2D eigenvalue weighted by Crippen LogP contribution is -2.05. The first-order chi connectivity index (χ1) is 18.2. The van der Waals surface area contributed by atoms with Gasteiger partial charge in [0.25, 0.3) is 0 Å². The number of rotatable bonds is 10. The van der Waals surface area contributed by atoms with Crippen molar-refractivity contribution >= 4 is 16.7 Å². The summed E-state index contributed by atoms with van der Waals surface area (Å²) in [4.78, 5) is 16.1. The number of hydrogen-bond donors (Lipinski definition) is 0. The van der Waals surface area contributed by atoms with Gasteiger partial charge in [0.05, 0.1) is 6.61 Å². The van der Waals surface area contributed by atoms with Gasteiger partial charge in [-0.2, -0.15) is 0 Å². The van der Waals surface area contributed by atoms with Crippen LogP contribution in [0.3, 0.4) is 0 Å². The molecule has 0 aliphatic carbocycles. The zero-order valence-electron chi connectivity index (χ0n) is 21.0. The molecule has 186 valence electrons. The van der Waals surface area contributed by atoms with Crippen LogP contribution < -0.4 is 4.74 Å². The Labute approximate surface area is 217 Å². The Morgan fingerprint density at radius 3 is 2.54 bits per heavy atom. The van der Waals surface area contributed by atoms with Crippen LogP contribution in [0.15, 0.2) is 104 Å². The average molecular weight is 491 g/mol. The zero-order chi connectivity index (χ0) is 25.5. The number of pyridine rings is 1. The Kier molecular flexibility index (Phi) is 7.60. The standard InChI is InChI=1S/C32H30N2O3/c1-2-36-32(35)15-13-29-21-34(22-31(29)26-8-4-3-5-9-26)20-24-10-11-28-18-30(14-12-27(28)17-24)37-23-25-7-6-16-33-19-25/h3-12,14,16-19,21-22H,2,13,15,20,23H2,1H3. The van der Waals surface area contributed by atoms with E-state index in [-0.39, 0.29) is 5.97 Å². The highest BCUT2D eigenvalue weighted by molar-refractivity contribution is 5.84. The number of fused-ring (bicyclic) bond motifs is 1. The molecule has 5 rings (SSSR count). The van der Waals surface area contributed by atoms with E-state index in [4.69, 9.17) is 9.47 Å². The maximum absolute atomic E-state index is 12.0. The van der Waals surface area contributed by atoms with Crippen LogP contribution in [0.1, 0.15) is 30.0 Å². The molecule has 0 unspecified atom stereocenters. The Morgan fingerprint density at radius 2 is 1.73 bits per heavy atom. The van der Waals surface area contributed by atoms with Crippen LogP contribution in [-0.4, -0.2) is 22.1 Å². The quantitative estimate of drug-likeness (QED) is 0.201. The fraction of sp³-hybridized carbons (Fsp3) is 0.188. The van der Waals surface area contributed by atoms with Crippen molar-refractivity contribution < 1.29 is 14.3 Å². The van der Waals surface area contributed by atoms with Gasteiger partial charge in [0.2, 0.25) is 0 Å². The van der Waals surface area contributed by atoms with Crippen LogP contribution in [0.4, 0.5) is 0 Å². The van der Waals surface area contributed by atoms with Gasteiger partial charge in [0, 0.05) is 48.9 Å². The molecule has 0 spiro atoms. The number of aromatic nitrogens is 2. The van der Waals surface area contributed by atoms with Gasteiger partial charge in [-0.05, 0) is 65.1 Å². The van der Waals surface area contributed by atoms with Crippen molar-refractivity contribution in [2.45, 2.75) is 32.9 Å². The van der Waals surface area contributed by atoms with Gasteiger partial charge in [-0.15, -0.1) is 0 Å². The molecule has 2 heterocycles. The molecule has 0 N–H and O–H groups in total. The third kappa shape index (κ3) is 6.25. The Morgan fingerprint density at radius 1 is 0.892 bits per heavy atom. The number of hydrogen-bond acceptors (Lipinski definition) is 4. The molecule has 3 aromatic carbocycles. The largest absolute Gasteiger partial charge is 0.489 e. The summed E-state index contributed by atoms with van der Waals surface area (Å²) in [5, 5.41) is 2.31. The van der Waals surface area contributed by atoms with Gasteiger partial charge in [0.15, 0.2) is 0 Å². The first-order valence-electron chi connectivity index (χ1n) is 12.6. The molecular formula is C32H30N2O3. The maximum Gasteiger partial charge on any atom is 0.306 e. The second-order valence-electron chi connectivity index (χ2n) is 9.03. The zero-order valence-corrected chi connectivity index (χ0v) is 21.0. The molecule has 0 aliphatic heterocycles. The summed E-state index contributed by atoms with van der Waals surface area (Å²) in [7, 11) is 0. The highest BCUT2D eigenvalue weighted by Crippen LogP contribution is 2.28. The number of ether oxygens (including phenoxy) is 2. The molecule has 37 heavy (non-hydrogen) atoms. The average Bonchev–Trinajstić information content (AvgIpc) is 3.34. The van der Waals surface area contributed by atoms with Crippen LogP contribution in [0.2, 0.25) is 0 Å². The predicted molar refractivity (Wildman–Crippen MR) is 146 cm³/mol. The Balaban J connectivity index is 1.33. The molecule has 5 nitrogen and oxygen atoms in total. The molecule has 5 heteroatoms. The minimum absolute atomic E-state index is 0.160. The summed E-state index contributed by atoms with van der Waals surface area (Å²) < 4.78 is 13.3. The van der Waals surface area contributed by atoms with Gasteiger partial charge in [-0.1, -0.05) is 54.6 Å². The molecule has 0 bridgehead atoms. The Hall–Kier alpha value is -4.38. The fourth-order valence-electron chi connectivity index (χ4n) is 4.52. The van der Waals surface area contributed by atoms with Crippen molar-refractivity contribution in [3.8, 4) is 16.9 Å². The van der Waals surface area contributed by atoms with Gasteiger partial charge in [-0.25, -0.2) is 0 Å². The molecule has 0 fully saturated rings. The lowest BCUT2D eigenvalue weighted by molar-refractivity contribution is -0.143. The number of carbonyl (C=O) groups excluding carboxylic acids is 1. The van der Waals surface area contributed by atoms with E-state index in [1.165, 1.54) is 10.9 Å². The number of nitrogens with zero attached hydrogens (tertiary/aromatic N) is 2. The van der Waals surface area contributed by atoms with E-state index in [0.717, 1.165) is 39.9 Å². The summed E-state index contributed by atoms with van der Waals surface area (Å²) >= 11 is 0. The molecule has 0 radical (unpaired) electrons. The third-order valence-electron chi connectivity index (χ3n) is 6.32. The van der Waals surface area contributed by atoms with Crippen molar-refractivity contribution in [3.63, 3.8) is 0 Å². The van der Waals surface area contributed by atoms with Gasteiger partial charge in [-0.3, -0.25) is 9.78 Å². The minimum atomic E-state index is -0.160. The Bertz CT molecular complexity index is 1480. The summed E-state index contributed by atoms with van der Waals surface area (Å²) in [6.45, 7) is 3.48. The normalized spacial score (nSPS) is 10.9. The van der Waals surface area contributed by atoms with Crippen molar-refractivity contribution in [1.29, 1.82) is 0 Å². The second kappa shape index (κ2) is 11.6. The third-order valence-corrected chi connectivity index (χ3v) is 6.32. The molecule has 0 amide bonds. The monoisotopic (exact) mass is 490 g/mol. The van der Waals surface area contributed by atoms with E-state index in [0.29, 0.717) is 26.1 Å². The molecule has 0 atom stereocenters. The van der Waals surface area contributed by atoms with Crippen molar-refractivity contribution in [2.75, 3.05) is 6.61 Å². The topological polar surface area (TPSA) is 53.4 Å². The number of benzene rings is 3.